The minimum absolute atomic E-state index is 0.362. The Morgan fingerprint density at radius 3 is 2.79 bits per heavy atom. The molecule has 5 heteroatoms. The standard InChI is InChI=1S/C9H8ClN3O/c1-5-6-3-8(14-2)11-4-7(6)9(10)13-12-5/h3-4H,1-2H3. The quantitative estimate of drug-likeness (QED) is 0.721. The summed E-state index contributed by atoms with van der Waals surface area (Å²) in [4.78, 5) is 4.05. The molecule has 0 aromatic carbocycles. The molecule has 0 saturated carbocycles. The molecule has 0 spiro atoms. The van der Waals surface area contributed by atoms with E-state index in [9.17, 15) is 0 Å². The van der Waals surface area contributed by atoms with Crippen molar-refractivity contribution in [2.24, 2.45) is 0 Å². The average Bonchev–Trinajstić information content (AvgIpc) is 2.23. The Morgan fingerprint density at radius 2 is 2.07 bits per heavy atom. The molecule has 0 radical (unpaired) electrons. The van der Waals surface area contributed by atoms with Crippen LogP contribution in [0.5, 0.6) is 5.88 Å². The highest BCUT2D eigenvalue weighted by Gasteiger charge is 2.06. The van der Waals surface area contributed by atoms with Gasteiger partial charge in [0, 0.05) is 23.0 Å². The highest BCUT2D eigenvalue weighted by atomic mass is 35.5. The Hall–Kier alpha value is -1.42. The molecular formula is C9H8ClN3O. The second kappa shape index (κ2) is 3.38. The first-order valence-corrected chi connectivity index (χ1v) is 4.42. The Labute approximate surface area is 85.9 Å². The highest BCUT2D eigenvalue weighted by Crippen LogP contribution is 2.24. The zero-order chi connectivity index (χ0) is 10.1. The van der Waals surface area contributed by atoms with Crippen LogP contribution in [0.4, 0.5) is 0 Å². The molecule has 2 aromatic rings. The van der Waals surface area contributed by atoms with E-state index in [1.165, 1.54) is 0 Å². The zero-order valence-corrected chi connectivity index (χ0v) is 8.54. The topological polar surface area (TPSA) is 47.9 Å². The van der Waals surface area contributed by atoms with E-state index < -0.39 is 0 Å². The third-order valence-corrected chi connectivity index (χ3v) is 2.27. The van der Waals surface area contributed by atoms with Crippen LogP contribution in [0.3, 0.4) is 0 Å². The van der Waals surface area contributed by atoms with E-state index in [1.54, 1.807) is 19.4 Å². The van der Waals surface area contributed by atoms with Crippen molar-refractivity contribution in [2.75, 3.05) is 7.11 Å². The molecule has 0 atom stereocenters. The van der Waals surface area contributed by atoms with Crippen LogP contribution in [0, 0.1) is 6.92 Å². The summed E-state index contributed by atoms with van der Waals surface area (Å²) >= 11 is 5.87. The SMILES string of the molecule is COc1cc2c(C)nnc(Cl)c2cn1. The van der Waals surface area contributed by atoms with Crippen molar-refractivity contribution >= 4 is 22.4 Å². The number of fused-ring (bicyclic) bond motifs is 1. The highest BCUT2D eigenvalue weighted by molar-refractivity contribution is 6.34. The lowest BCUT2D eigenvalue weighted by Crippen LogP contribution is -1.93. The predicted molar refractivity (Wildman–Crippen MR) is 53.6 cm³/mol. The second-order valence-corrected chi connectivity index (χ2v) is 3.21. The van der Waals surface area contributed by atoms with Gasteiger partial charge in [0.1, 0.15) is 0 Å². The Balaban J connectivity index is 2.80. The number of hydrogen-bond donors (Lipinski definition) is 0. The van der Waals surface area contributed by atoms with Gasteiger partial charge in [-0.2, -0.15) is 5.10 Å². The van der Waals surface area contributed by atoms with Crippen molar-refractivity contribution in [3.8, 4) is 5.88 Å². The van der Waals surface area contributed by atoms with E-state index in [-0.39, 0.29) is 0 Å². The number of aromatic nitrogens is 3. The number of pyridine rings is 1. The molecule has 72 valence electrons. The van der Waals surface area contributed by atoms with Crippen LogP contribution in [-0.2, 0) is 0 Å². The Morgan fingerprint density at radius 1 is 1.29 bits per heavy atom. The van der Waals surface area contributed by atoms with Crippen LogP contribution >= 0.6 is 11.6 Å². The van der Waals surface area contributed by atoms with Crippen molar-refractivity contribution in [1.82, 2.24) is 15.2 Å². The Kier molecular flexibility index (Phi) is 2.21. The fourth-order valence-electron chi connectivity index (χ4n) is 1.24. The molecule has 0 aliphatic heterocycles. The summed E-state index contributed by atoms with van der Waals surface area (Å²) in [6.07, 6.45) is 1.64. The molecule has 0 aliphatic rings. The minimum Gasteiger partial charge on any atom is -0.481 e. The molecule has 2 heterocycles. The molecule has 0 fully saturated rings. The zero-order valence-electron chi connectivity index (χ0n) is 7.78. The number of ether oxygens (including phenoxy) is 1. The van der Waals surface area contributed by atoms with Gasteiger partial charge in [0.25, 0.3) is 0 Å². The first-order valence-electron chi connectivity index (χ1n) is 4.05. The lowest BCUT2D eigenvalue weighted by atomic mass is 10.2. The van der Waals surface area contributed by atoms with Crippen molar-refractivity contribution in [1.29, 1.82) is 0 Å². The summed E-state index contributed by atoms with van der Waals surface area (Å²) in [6.45, 7) is 1.87. The average molecular weight is 210 g/mol. The number of aryl methyl sites for hydroxylation is 1. The number of nitrogens with zero attached hydrogens (tertiary/aromatic N) is 3. The third kappa shape index (κ3) is 1.37. The number of rotatable bonds is 1. The second-order valence-electron chi connectivity index (χ2n) is 2.85. The number of hydrogen-bond acceptors (Lipinski definition) is 4. The number of halogens is 1. The minimum atomic E-state index is 0.362. The maximum atomic E-state index is 5.87. The predicted octanol–water partition coefficient (Wildman–Crippen LogP) is 2.00. The summed E-state index contributed by atoms with van der Waals surface area (Å²) in [7, 11) is 1.57. The molecule has 0 aliphatic carbocycles. The fraction of sp³-hybridized carbons (Fsp3) is 0.222. The van der Waals surface area contributed by atoms with E-state index in [1.807, 2.05) is 6.92 Å². The molecule has 14 heavy (non-hydrogen) atoms. The van der Waals surface area contributed by atoms with Gasteiger partial charge in [-0.15, -0.1) is 5.10 Å². The van der Waals surface area contributed by atoms with Gasteiger partial charge in [-0.05, 0) is 6.92 Å². The lowest BCUT2D eigenvalue weighted by Gasteiger charge is -2.03. The molecule has 0 unspecified atom stereocenters. The van der Waals surface area contributed by atoms with Gasteiger partial charge in [0.2, 0.25) is 5.88 Å². The summed E-state index contributed by atoms with van der Waals surface area (Å²) in [5.74, 6) is 0.546. The van der Waals surface area contributed by atoms with Gasteiger partial charge >= 0.3 is 0 Å². The fourth-order valence-corrected chi connectivity index (χ4v) is 1.43. The lowest BCUT2D eigenvalue weighted by molar-refractivity contribution is 0.398. The number of methoxy groups -OCH3 is 1. The largest absolute Gasteiger partial charge is 0.481 e. The summed E-state index contributed by atoms with van der Waals surface area (Å²) in [5, 5.41) is 9.78. The maximum absolute atomic E-state index is 5.87. The van der Waals surface area contributed by atoms with Crippen molar-refractivity contribution in [3.63, 3.8) is 0 Å². The molecule has 2 rings (SSSR count). The molecule has 0 bridgehead atoms. The van der Waals surface area contributed by atoms with Crippen LogP contribution < -0.4 is 4.74 Å². The van der Waals surface area contributed by atoms with Crippen LogP contribution in [-0.4, -0.2) is 22.3 Å². The van der Waals surface area contributed by atoms with E-state index >= 15 is 0 Å². The third-order valence-electron chi connectivity index (χ3n) is 1.99. The van der Waals surface area contributed by atoms with Gasteiger partial charge in [-0.3, -0.25) is 0 Å². The van der Waals surface area contributed by atoms with E-state index in [0.717, 1.165) is 16.5 Å². The molecule has 0 amide bonds. The molecule has 0 N–H and O–H groups in total. The summed E-state index contributed by atoms with van der Waals surface area (Å²) < 4.78 is 5.01. The van der Waals surface area contributed by atoms with E-state index in [4.69, 9.17) is 16.3 Å². The van der Waals surface area contributed by atoms with Gasteiger partial charge in [-0.1, -0.05) is 11.6 Å². The van der Waals surface area contributed by atoms with Gasteiger partial charge in [0.15, 0.2) is 5.15 Å². The first kappa shape index (κ1) is 9.15. The van der Waals surface area contributed by atoms with Crippen LogP contribution in [0.2, 0.25) is 5.15 Å². The summed E-state index contributed by atoms with van der Waals surface area (Å²) in [6, 6.07) is 1.80. The van der Waals surface area contributed by atoms with Gasteiger partial charge in [-0.25, -0.2) is 4.98 Å². The summed E-state index contributed by atoms with van der Waals surface area (Å²) in [5.41, 5.74) is 0.810. The van der Waals surface area contributed by atoms with Crippen molar-refractivity contribution < 1.29 is 4.74 Å². The van der Waals surface area contributed by atoms with Crippen LogP contribution in [0.15, 0.2) is 12.3 Å². The first-order chi connectivity index (χ1) is 6.72. The maximum Gasteiger partial charge on any atom is 0.213 e. The van der Waals surface area contributed by atoms with Crippen LogP contribution in [0.25, 0.3) is 10.8 Å². The van der Waals surface area contributed by atoms with E-state index in [0.29, 0.717) is 11.0 Å². The Bertz CT molecular complexity index is 487. The molecular weight excluding hydrogens is 202 g/mol. The van der Waals surface area contributed by atoms with Crippen molar-refractivity contribution in [2.45, 2.75) is 6.92 Å². The van der Waals surface area contributed by atoms with Crippen LogP contribution in [0.1, 0.15) is 5.69 Å². The monoisotopic (exact) mass is 209 g/mol. The van der Waals surface area contributed by atoms with Gasteiger partial charge in [0.05, 0.1) is 12.8 Å². The normalized spacial score (nSPS) is 10.5. The van der Waals surface area contributed by atoms with E-state index in [2.05, 4.69) is 15.2 Å². The van der Waals surface area contributed by atoms with Gasteiger partial charge < -0.3 is 4.74 Å². The molecule has 4 nitrogen and oxygen atoms in total. The smallest absolute Gasteiger partial charge is 0.213 e. The van der Waals surface area contributed by atoms with Crippen molar-refractivity contribution in [3.05, 3.63) is 23.1 Å². The molecule has 0 saturated heterocycles. The molecule has 2 aromatic heterocycles.